The first kappa shape index (κ1) is 20.1. The molecule has 2 aromatic carbocycles. The molecule has 1 aliphatic carbocycles. The first-order valence-electron chi connectivity index (χ1n) is 10.3. The van der Waals surface area contributed by atoms with Crippen LogP contribution in [0.4, 0.5) is 10.1 Å². The fourth-order valence-electron chi connectivity index (χ4n) is 4.25. The Morgan fingerprint density at radius 3 is 2.83 bits per heavy atom. The molecule has 30 heavy (non-hydrogen) atoms. The molecule has 1 atom stereocenters. The smallest absolute Gasteiger partial charge is 0.291 e. The number of azo groups is 1. The lowest BCUT2D eigenvalue weighted by Gasteiger charge is -2.25. The summed E-state index contributed by atoms with van der Waals surface area (Å²) in [7, 11) is 0. The predicted molar refractivity (Wildman–Crippen MR) is 114 cm³/mol. The fraction of sp³-hybridized carbons (Fsp3) is 0.333. The zero-order chi connectivity index (χ0) is 21.1. The summed E-state index contributed by atoms with van der Waals surface area (Å²) in [6.45, 7) is 1.44. The molecule has 154 valence electrons. The third kappa shape index (κ3) is 4.37. The number of carbonyl (C=O) groups is 2. The molecular weight excluding hydrogens is 381 g/mol. The Balaban J connectivity index is 1.53. The summed E-state index contributed by atoms with van der Waals surface area (Å²) in [5, 5.41) is 10.8. The number of hydrogen-bond donors (Lipinski definition) is 1. The Bertz CT molecular complexity index is 1060. The second-order valence-corrected chi connectivity index (χ2v) is 7.86. The summed E-state index contributed by atoms with van der Waals surface area (Å²) in [6, 6.07) is 12.2. The monoisotopic (exact) mass is 405 g/mol. The lowest BCUT2D eigenvalue weighted by atomic mass is 9.84. The van der Waals surface area contributed by atoms with Gasteiger partial charge in [0.1, 0.15) is 5.82 Å². The number of halogens is 1. The SMILES string of the molecule is CC(=O)Nc1cccc(-c2cc(CCC3N=NC(=O)C4=C3CCCC4)ccc2F)c1. The number of anilines is 1. The standard InChI is InChI=1S/C24H24FN3O2/c1-15(29)26-18-6-4-5-17(14-18)21-13-16(9-11-22(21)25)10-12-23-19-7-2-3-8-20(19)24(30)28-27-23/h4-6,9,11,13-14,23H,2-3,7-8,10,12H2,1H3,(H,26,29). The Labute approximate surface area is 175 Å². The Morgan fingerprint density at radius 2 is 2.00 bits per heavy atom. The van der Waals surface area contributed by atoms with Crippen molar-refractivity contribution < 1.29 is 14.0 Å². The molecular formula is C24H24FN3O2. The van der Waals surface area contributed by atoms with Gasteiger partial charge in [-0.3, -0.25) is 9.59 Å². The van der Waals surface area contributed by atoms with Crippen molar-refractivity contribution in [1.29, 1.82) is 0 Å². The summed E-state index contributed by atoms with van der Waals surface area (Å²) in [5.41, 5.74) is 4.84. The molecule has 0 saturated carbocycles. The quantitative estimate of drug-likeness (QED) is 0.702. The Kier molecular flexibility index (Phi) is 5.84. The maximum Gasteiger partial charge on any atom is 0.291 e. The van der Waals surface area contributed by atoms with Gasteiger partial charge < -0.3 is 5.32 Å². The highest BCUT2D eigenvalue weighted by Crippen LogP contribution is 2.34. The minimum atomic E-state index is -0.307. The summed E-state index contributed by atoms with van der Waals surface area (Å²) >= 11 is 0. The van der Waals surface area contributed by atoms with Crippen LogP contribution in [0.2, 0.25) is 0 Å². The molecule has 0 radical (unpaired) electrons. The molecule has 1 unspecified atom stereocenters. The molecule has 0 spiro atoms. The van der Waals surface area contributed by atoms with Gasteiger partial charge in [-0.05, 0) is 79.5 Å². The van der Waals surface area contributed by atoms with Gasteiger partial charge in [0.2, 0.25) is 5.91 Å². The summed E-state index contributed by atoms with van der Waals surface area (Å²) in [5.74, 6) is -0.652. The zero-order valence-electron chi connectivity index (χ0n) is 17.0. The molecule has 0 fully saturated rings. The molecule has 5 nitrogen and oxygen atoms in total. The van der Waals surface area contributed by atoms with Crippen LogP contribution < -0.4 is 5.32 Å². The molecule has 0 aromatic heterocycles. The van der Waals surface area contributed by atoms with Crippen molar-refractivity contribution in [2.75, 3.05) is 5.32 Å². The van der Waals surface area contributed by atoms with E-state index in [1.807, 2.05) is 12.1 Å². The minimum Gasteiger partial charge on any atom is -0.326 e. The number of carbonyl (C=O) groups excluding carboxylic acids is 2. The van der Waals surface area contributed by atoms with Crippen molar-refractivity contribution in [2.24, 2.45) is 10.2 Å². The van der Waals surface area contributed by atoms with Crippen LogP contribution in [0, 0.1) is 5.82 Å². The minimum absolute atomic E-state index is 0.0606. The Morgan fingerprint density at radius 1 is 1.17 bits per heavy atom. The van der Waals surface area contributed by atoms with E-state index in [0.29, 0.717) is 23.2 Å². The highest BCUT2D eigenvalue weighted by Gasteiger charge is 2.28. The van der Waals surface area contributed by atoms with Crippen LogP contribution in [0.15, 0.2) is 63.8 Å². The van der Waals surface area contributed by atoms with Gasteiger partial charge in [-0.25, -0.2) is 4.39 Å². The van der Waals surface area contributed by atoms with Gasteiger partial charge >= 0.3 is 0 Å². The number of rotatable bonds is 5. The number of benzene rings is 2. The van der Waals surface area contributed by atoms with Gasteiger partial charge in [-0.15, -0.1) is 5.11 Å². The lowest BCUT2D eigenvalue weighted by Crippen LogP contribution is -2.22. The van der Waals surface area contributed by atoms with Crippen molar-refractivity contribution in [3.63, 3.8) is 0 Å². The third-order valence-corrected chi connectivity index (χ3v) is 5.69. The molecule has 4 rings (SSSR count). The van der Waals surface area contributed by atoms with E-state index in [-0.39, 0.29) is 23.7 Å². The van der Waals surface area contributed by atoms with Crippen molar-refractivity contribution in [1.82, 2.24) is 0 Å². The number of aryl methyl sites for hydroxylation is 1. The average molecular weight is 405 g/mol. The molecule has 0 saturated heterocycles. The first-order valence-corrected chi connectivity index (χ1v) is 10.3. The second-order valence-electron chi connectivity index (χ2n) is 7.86. The highest BCUT2D eigenvalue weighted by atomic mass is 19.1. The van der Waals surface area contributed by atoms with E-state index in [0.717, 1.165) is 48.8 Å². The number of nitrogens with one attached hydrogen (secondary N) is 1. The van der Waals surface area contributed by atoms with Crippen LogP contribution in [-0.4, -0.2) is 17.9 Å². The van der Waals surface area contributed by atoms with Crippen molar-refractivity contribution in [2.45, 2.75) is 51.5 Å². The van der Waals surface area contributed by atoms with Crippen LogP contribution in [-0.2, 0) is 16.0 Å². The molecule has 6 heteroatoms. The van der Waals surface area contributed by atoms with E-state index < -0.39 is 0 Å². The van der Waals surface area contributed by atoms with Crippen LogP contribution >= 0.6 is 0 Å². The largest absolute Gasteiger partial charge is 0.326 e. The second kappa shape index (κ2) is 8.69. The van der Waals surface area contributed by atoms with Crippen LogP contribution in [0.1, 0.15) is 44.6 Å². The van der Waals surface area contributed by atoms with E-state index in [1.165, 1.54) is 13.0 Å². The van der Waals surface area contributed by atoms with Gasteiger partial charge in [0.25, 0.3) is 5.91 Å². The molecule has 0 bridgehead atoms. The molecule has 2 amide bonds. The van der Waals surface area contributed by atoms with Crippen LogP contribution in [0.25, 0.3) is 11.1 Å². The third-order valence-electron chi connectivity index (χ3n) is 5.69. The van der Waals surface area contributed by atoms with Gasteiger partial charge in [-0.1, -0.05) is 18.2 Å². The van der Waals surface area contributed by atoms with E-state index in [2.05, 4.69) is 15.5 Å². The fourth-order valence-corrected chi connectivity index (χ4v) is 4.25. The van der Waals surface area contributed by atoms with Crippen LogP contribution in [0.5, 0.6) is 0 Å². The van der Waals surface area contributed by atoms with Crippen LogP contribution in [0.3, 0.4) is 0 Å². The summed E-state index contributed by atoms with van der Waals surface area (Å²) in [6.07, 6.45) is 5.29. The van der Waals surface area contributed by atoms with Crippen molar-refractivity contribution >= 4 is 17.5 Å². The normalized spacial score (nSPS) is 18.3. The molecule has 2 aromatic rings. The summed E-state index contributed by atoms with van der Waals surface area (Å²) in [4.78, 5) is 23.3. The van der Waals surface area contributed by atoms with E-state index >= 15 is 0 Å². The first-order chi connectivity index (χ1) is 14.5. The van der Waals surface area contributed by atoms with E-state index in [1.54, 1.807) is 24.3 Å². The van der Waals surface area contributed by atoms with Crippen molar-refractivity contribution in [3.05, 3.63) is 65.0 Å². The molecule has 1 heterocycles. The number of hydrogen-bond acceptors (Lipinski definition) is 3. The number of nitrogens with zero attached hydrogens (tertiary/aromatic N) is 2. The Hall–Kier alpha value is -3.15. The van der Waals surface area contributed by atoms with E-state index in [9.17, 15) is 14.0 Å². The van der Waals surface area contributed by atoms with Crippen molar-refractivity contribution in [3.8, 4) is 11.1 Å². The molecule has 1 aliphatic heterocycles. The van der Waals surface area contributed by atoms with Gasteiger partial charge in [0, 0.05) is 23.7 Å². The van der Waals surface area contributed by atoms with E-state index in [4.69, 9.17) is 0 Å². The zero-order valence-corrected chi connectivity index (χ0v) is 17.0. The maximum absolute atomic E-state index is 14.5. The summed E-state index contributed by atoms with van der Waals surface area (Å²) < 4.78 is 14.5. The maximum atomic E-state index is 14.5. The topological polar surface area (TPSA) is 70.9 Å². The average Bonchev–Trinajstić information content (AvgIpc) is 2.74. The molecule has 2 aliphatic rings. The highest BCUT2D eigenvalue weighted by molar-refractivity contribution is 5.95. The van der Waals surface area contributed by atoms with Gasteiger partial charge in [0.05, 0.1) is 6.04 Å². The number of amides is 2. The molecule has 1 N–H and O–H groups in total. The predicted octanol–water partition coefficient (Wildman–Crippen LogP) is 5.62. The van der Waals surface area contributed by atoms with Gasteiger partial charge in [0.15, 0.2) is 0 Å². The van der Waals surface area contributed by atoms with Gasteiger partial charge in [-0.2, -0.15) is 5.11 Å². The lowest BCUT2D eigenvalue weighted by molar-refractivity contribution is -0.115.